The average molecular weight is 284 g/mol. The summed E-state index contributed by atoms with van der Waals surface area (Å²) in [6, 6.07) is 16.0. The van der Waals surface area contributed by atoms with Gasteiger partial charge in [0.15, 0.2) is 0 Å². The van der Waals surface area contributed by atoms with E-state index in [1.807, 2.05) is 37.3 Å². The number of aryl methyl sites for hydroxylation is 1. The van der Waals surface area contributed by atoms with Crippen LogP contribution in [0.3, 0.4) is 0 Å². The van der Waals surface area contributed by atoms with Crippen LogP contribution >= 0.6 is 0 Å². The van der Waals surface area contributed by atoms with Crippen molar-refractivity contribution in [3.05, 3.63) is 71.0 Å². The van der Waals surface area contributed by atoms with Crippen LogP contribution in [0.25, 0.3) is 0 Å². The molecule has 0 unspecified atom stereocenters. The standard InChI is InChI=1S/C18H21FN2/c1-13-7-8-17(19)15(9-13)16-11-20-12-18(16)21-10-14-5-3-2-4-6-14/h2-9,16,18,20-21H,10-12H2,1H3/t16-,18+/m1/s1. The van der Waals surface area contributed by atoms with Crippen molar-refractivity contribution in [3.63, 3.8) is 0 Å². The maximum absolute atomic E-state index is 14.1. The fourth-order valence-corrected chi connectivity index (χ4v) is 3.01. The lowest BCUT2D eigenvalue weighted by Crippen LogP contribution is -2.34. The van der Waals surface area contributed by atoms with Crippen LogP contribution in [-0.2, 0) is 6.54 Å². The molecule has 1 fully saturated rings. The molecule has 2 atom stereocenters. The second-order valence-corrected chi connectivity index (χ2v) is 5.76. The number of rotatable bonds is 4. The molecule has 2 N–H and O–H groups in total. The lowest BCUT2D eigenvalue weighted by Gasteiger charge is -2.21. The Morgan fingerprint density at radius 2 is 1.95 bits per heavy atom. The zero-order chi connectivity index (χ0) is 14.7. The molecule has 0 spiro atoms. The molecule has 1 saturated heterocycles. The molecule has 0 aliphatic carbocycles. The Balaban J connectivity index is 1.72. The summed E-state index contributed by atoms with van der Waals surface area (Å²) in [5.74, 6) is 0.0921. The third-order valence-corrected chi connectivity index (χ3v) is 4.18. The first-order valence-corrected chi connectivity index (χ1v) is 7.48. The predicted molar refractivity (Wildman–Crippen MR) is 83.8 cm³/mol. The van der Waals surface area contributed by atoms with Gasteiger partial charge in [-0.15, -0.1) is 0 Å². The number of hydrogen-bond acceptors (Lipinski definition) is 2. The minimum absolute atomic E-state index is 0.0965. The summed E-state index contributed by atoms with van der Waals surface area (Å²) in [5, 5.41) is 6.94. The highest BCUT2D eigenvalue weighted by Gasteiger charge is 2.29. The van der Waals surface area contributed by atoms with E-state index < -0.39 is 0 Å². The zero-order valence-corrected chi connectivity index (χ0v) is 12.3. The highest BCUT2D eigenvalue weighted by atomic mass is 19.1. The van der Waals surface area contributed by atoms with Gasteiger partial charge >= 0.3 is 0 Å². The molecule has 2 aromatic rings. The van der Waals surface area contributed by atoms with E-state index in [0.29, 0.717) is 0 Å². The van der Waals surface area contributed by atoms with E-state index in [4.69, 9.17) is 0 Å². The van der Waals surface area contributed by atoms with Gasteiger partial charge in [-0.3, -0.25) is 0 Å². The van der Waals surface area contributed by atoms with Gasteiger partial charge in [-0.2, -0.15) is 0 Å². The number of nitrogens with one attached hydrogen (secondary N) is 2. The molecule has 0 amide bonds. The lowest BCUT2D eigenvalue weighted by atomic mass is 9.92. The van der Waals surface area contributed by atoms with Crippen molar-refractivity contribution in [3.8, 4) is 0 Å². The van der Waals surface area contributed by atoms with E-state index in [2.05, 4.69) is 22.8 Å². The third kappa shape index (κ3) is 3.31. The number of halogens is 1. The van der Waals surface area contributed by atoms with Crippen molar-refractivity contribution in [2.45, 2.75) is 25.4 Å². The van der Waals surface area contributed by atoms with Gasteiger partial charge in [0, 0.05) is 31.6 Å². The van der Waals surface area contributed by atoms with E-state index in [0.717, 1.165) is 30.8 Å². The smallest absolute Gasteiger partial charge is 0.126 e. The van der Waals surface area contributed by atoms with Gasteiger partial charge in [0.2, 0.25) is 0 Å². The van der Waals surface area contributed by atoms with Crippen LogP contribution in [0.5, 0.6) is 0 Å². The quantitative estimate of drug-likeness (QED) is 0.902. The van der Waals surface area contributed by atoms with Crippen LogP contribution in [0.4, 0.5) is 4.39 Å². The summed E-state index contributed by atoms with van der Waals surface area (Å²) in [6.45, 7) is 4.53. The largest absolute Gasteiger partial charge is 0.314 e. The molecule has 0 bridgehead atoms. The Morgan fingerprint density at radius 1 is 1.14 bits per heavy atom. The molecular weight excluding hydrogens is 263 g/mol. The van der Waals surface area contributed by atoms with Gasteiger partial charge in [-0.25, -0.2) is 4.39 Å². The fraction of sp³-hybridized carbons (Fsp3) is 0.333. The third-order valence-electron chi connectivity index (χ3n) is 4.18. The van der Waals surface area contributed by atoms with Crippen molar-refractivity contribution >= 4 is 0 Å². The monoisotopic (exact) mass is 284 g/mol. The van der Waals surface area contributed by atoms with Crippen LogP contribution in [-0.4, -0.2) is 19.1 Å². The van der Waals surface area contributed by atoms with Gasteiger partial charge in [-0.05, 0) is 24.1 Å². The average Bonchev–Trinajstić information content (AvgIpc) is 2.97. The Bertz CT molecular complexity index is 597. The normalized spacial score (nSPS) is 21.6. The number of benzene rings is 2. The van der Waals surface area contributed by atoms with Crippen molar-refractivity contribution in [1.82, 2.24) is 10.6 Å². The van der Waals surface area contributed by atoms with E-state index in [-0.39, 0.29) is 17.8 Å². The molecule has 1 heterocycles. The van der Waals surface area contributed by atoms with Crippen LogP contribution in [0, 0.1) is 12.7 Å². The molecule has 2 nitrogen and oxygen atoms in total. The molecule has 0 saturated carbocycles. The summed E-state index contributed by atoms with van der Waals surface area (Å²) in [5.41, 5.74) is 3.19. The van der Waals surface area contributed by atoms with Crippen molar-refractivity contribution in [2.75, 3.05) is 13.1 Å². The lowest BCUT2D eigenvalue weighted by molar-refractivity contribution is 0.486. The number of hydrogen-bond donors (Lipinski definition) is 2. The van der Waals surface area contributed by atoms with Gasteiger partial charge in [-0.1, -0.05) is 48.0 Å². The Morgan fingerprint density at radius 3 is 2.76 bits per heavy atom. The topological polar surface area (TPSA) is 24.1 Å². The van der Waals surface area contributed by atoms with Crippen molar-refractivity contribution in [2.24, 2.45) is 0 Å². The molecule has 3 rings (SSSR count). The first-order chi connectivity index (χ1) is 10.2. The Labute approximate surface area is 125 Å². The van der Waals surface area contributed by atoms with E-state index >= 15 is 0 Å². The molecule has 2 aromatic carbocycles. The molecular formula is C18H21FN2. The van der Waals surface area contributed by atoms with E-state index in [1.54, 1.807) is 6.07 Å². The van der Waals surface area contributed by atoms with E-state index in [1.165, 1.54) is 5.56 Å². The first kappa shape index (κ1) is 14.2. The van der Waals surface area contributed by atoms with Crippen molar-refractivity contribution in [1.29, 1.82) is 0 Å². The molecule has 110 valence electrons. The van der Waals surface area contributed by atoms with Gasteiger partial charge in [0.05, 0.1) is 0 Å². The minimum atomic E-state index is -0.0965. The second-order valence-electron chi connectivity index (χ2n) is 5.76. The summed E-state index contributed by atoms with van der Waals surface area (Å²) < 4.78 is 14.1. The van der Waals surface area contributed by atoms with Crippen LogP contribution in [0.1, 0.15) is 22.6 Å². The minimum Gasteiger partial charge on any atom is -0.314 e. The Hall–Kier alpha value is -1.71. The molecule has 1 aliphatic heterocycles. The Kier molecular flexibility index (Phi) is 4.32. The van der Waals surface area contributed by atoms with Gasteiger partial charge in [0.1, 0.15) is 5.82 Å². The maximum Gasteiger partial charge on any atom is 0.126 e. The molecule has 0 radical (unpaired) electrons. The molecule has 3 heteroatoms. The van der Waals surface area contributed by atoms with Gasteiger partial charge < -0.3 is 10.6 Å². The van der Waals surface area contributed by atoms with Crippen LogP contribution in [0.15, 0.2) is 48.5 Å². The van der Waals surface area contributed by atoms with E-state index in [9.17, 15) is 4.39 Å². The SMILES string of the molecule is Cc1ccc(F)c([C@H]2CNC[C@@H]2NCc2ccccc2)c1. The van der Waals surface area contributed by atoms with Crippen molar-refractivity contribution < 1.29 is 4.39 Å². The maximum atomic E-state index is 14.1. The highest BCUT2D eigenvalue weighted by molar-refractivity contribution is 5.30. The van der Waals surface area contributed by atoms with Crippen LogP contribution in [0.2, 0.25) is 0 Å². The molecule has 21 heavy (non-hydrogen) atoms. The summed E-state index contributed by atoms with van der Waals surface area (Å²) in [7, 11) is 0. The highest BCUT2D eigenvalue weighted by Crippen LogP contribution is 2.26. The summed E-state index contributed by atoms with van der Waals surface area (Å²) in [4.78, 5) is 0. The summed E-state index contributed by atoms with van der Waals surface area (Å²) >= 11 is 0. The predicted octanol–water partition coefficient (Wildman–Crippen LogP) is 2.98. The molecule has 0 aromatic heterocycles. The summed E-state index contributed by atoms with van der Waals surface area (Å²) in [6.07, 6.45) is 0. The zero-order valence-electron chi connectivity index (χ0n) is 12.3. The second kappa shape index (κ2) is 6.37. The fourth-order valence-electron chi connectivity index (χ4n) is 3.01. The van der Waals surface area contributed by atoms with Gasteiger partial charge in [0.25, 0.3) is 0 Å². The first-order valence-electron chi connectivity index (χ1n) is 7.48. The van der Waals surface area contributed by atoms with Crippen LogP contribution < -0.4 is 10.6 Å². The molecule has 1 aliphatic rings.